The summed E-state index contributed by atoms with van der Waals surface area (Å²) in [6.45, 7) is 1.74. The van der Waals surface area contributed by atoms with E-state index >= 15 is 0 Å². The molecule has 0 aliphatic rings. The van der Waals surface area contributed by atoms with Crippen LogP contribution in [0.5, 0.6) is 0 Å². The second-order valence-electron chi connectivity index (χ2n) is 3.14. The van der Waals surface area contributed by atoms with Crippen molar-refractivity contribution in [2.75, 3.05) is 0 Å². The van der Waals surface area contributed by atoms with Crippen molar-refractivity contribution in [3.8, 4) is 0 Å². The molecule has 0 aliphatic heterocycles. The molecule has 72 valence electrons. The molecule has 0 aliphatic carbocycles. The van der Waals surface area contributed by atoms with Gasteiger partial charge in [0.25, 0.3) is 0 Å². The molecule has 0 unspecified atom stereocenters. The normalized spacial score (nSPS) is 12.2. The van der Waals surface area contributed by atoms with E-state index in [1.807, 2.05) is 12.1 Å². The summed E-state index contributed by atoms with van der Waals surface area (Å²) >= 11 is 0. The second kappa shape index (κ2) is 3.49. The number of nitrogens with zero attached hydrogens (tertiary/aromatic N) is 2. The Balaban J connectivity index is 2.36. The van der Waals surface area contributed by atoms with Crippen LogP contribution in [0.1, 0.15) is 12.7 Å². The first-order valence-electron chi connectivity index (χ1n) is 4.29. The van der Waals surface area contributed by atoms with Gasteiger partial charge in [-0.25, -0.2) is 0 Å². The Morgan fingerprint density at radius 1 is 1.64 bits per heavy atom. The summed E-state index contributed by atoms with van der Waals surface area (Å²) in [4.78, 5) is 3.99. The van der Waals surface area contributed by atoms with Gasteiger partial charge >= 0.3 is 0 Å². The monoisotopic (exact) mass is 190 g/mol. The Morgan fingerprint density at radius 2 is 2.50 bits per heavy atom. The highest BCUT2D eigenvalue weighted by molar-refractivity contribution is 5.85. The molecule has 0 aromatic carbocycles. The van der Waals surface area contributed by atoms with Crippen molar-refractivity contribution < 1.29 is 9.62 Å². The van der Waals surface area contributed by atoms with Crippen molar-refractivity contribution in [2.24, 2.45) is 5.16 Å². The summed E-state index contributed by atoms with van der Waals surface area (Å²) in [6, 6.07) is 3.71. The maximum atomic E-state index is 8.50. The largest absolute Gasteiger partial charge is 0.461 e. The van der Waals surface area contributed by atoms with Crippen LogP contribution in [0.2, 0.25) is 0 Å². The lowest BCUT2D eigenvalue weighted by Crippen LogP contribution is -1.94. The number of hydrogen-bond acceptors (Lipinski definition) is 4. The molecule has 0 atom stereocenters. The summed E-state index contributed by atoms with van der Waals surface area (Å²) in [5.74, 6) is 0.781. The zero-order valence-corrected chi connectivity index (χ0v) is 7.77. The second-order valence-corrected chi connectivity index (χ2v) is 3.14. The van der Waals surface area contributed by atoms with E-state index < -0.39 is 0 Å². The molecule has 2 rings (SSSR count). The summed E-state index contributed by atoms with van der Waals surface area (Å²) in [5.41, 5.74) is 1.43. The number of rotatable bonds is 2. The lowest BCUT2D eigenvalue weighted by Gasteiger charge is -1.91. The number of pyridine rings is 1. The lowest BCUT2D eigenvalue weighted by molar-refractivity contribution is 0.317. The van der Waals surface area contributed by atoms with Gasteiger partial charge in [-0.1, -0.05) is 5.16 Å². The first-order chi connectivity index (χ1) is 6.79. The summed E-state index contributed by atoms with van der Waals surface area (Å²) in [6.07, 6.45) is 3.95. The highest BCUT2D eigenvalue weighted by Gasteiger charge is 2.04. The lowest BCUT2D eigenvalue weighted by atomic mass is 10.2. The average molecular weight is 190 g/mol. The van der Waals surface area contributed by atoms with Crippen LogP contribution < -0.4 is 0 Å². The minimum Gasteiger partial charge on any atom is -0.461 e. The molecule has 0 bridgehead atoms. The maximum absolute atomic E-state index is 8.50. The topological polar surface area (TPSA) is 58.6 Å². The first kappa shape index (κ1) is 8.74. The van der Waals surface area contributed by atoms with Gasteiger partial charge in [-0.05, 0) is 19.1 Å². The molecule has 1 N–H and O–H groups in total. The molecule has 2 heterocycles. The van der Waals surface area contributed by atoms with Crippen LogP contribution in [0.15, 0.2) is 34.1 Å². The fourth-order valence-corrected chi connectivity index (χ4v) is 1.31. The SMILES string of the molecule is C/C(Cc1cc2cnccc2o1)=N\O. The van der Waals surface area contributed by atoms with Gasteiger partial charge in [0.15, 0.2) is 0 Å². The average Bonchev–Trinajstić information content (AvgIpc) is 2.59. The molecular formula is C10H10N2O2. The van der Waals surface area contributed by atoms with Crippen LogP contribution in [0.4, 0.5) is 0 Å². The molecule has 0 radical (unpaired) electrons. The van der Waals surface area contributed by atoms with Gasteiger partial charge in [-0.3, -0.25) is 4.98 Å². The van der Waals surface area contributed by atoms with Crippen LogP contribution in [-0.2, 0) is 6.42 Å². The third kappa shape index (κ3) is 1.59. The van der Waals surface area contributed by atoms with Crippen LogP contribution in [-0.4, -0.2) is 15.9 Å². The van der Waals surface area contributed by atoms with E-state index in [2.05, 4.69) is 10.1 Å². The van der Waals surface area contributed by atoms with E-state index in [9.17, 15) is 0 Å². The standard InChI is InChI=1S/C10H10N2O2/c1-7(12-13)4-9-5-8-6-11-3-2-10(8)14-9/h2-3,5-6,13H,4H2,1H3/b12-7+. The van der Waals surface area contributed by atoms with Gasteiger partial charge in [-0.15, -0.1) is 0 Å². The zero-order valence-electron chi connectivity index (χ0n) is 7.77. The number of furan rings is 1. The van der Waals surface area contributed by atoms with E-state index in [0.29, 0.717) is 12.1 Å². The number of oxime groups is 1. The van der Waals surface area contributed by atoms with Gasteiger partial charge in [0, 0.05) is 24.2 Å². The van der Waals surface area contributed by atoms with Gasteiger partial charge < -0.3 is 9.62 Å². The molecule has 14 heavy (non-hydrogen) atoms. The summed E-state index contributed by atoms with van der Waals surface area (Å²) in [5, 5.41) is 12.6. The van der Waals surface area contributed by atoms with Gasteiger partial charge in [0.2, 0.25) is 0 Å². The Labute approximate surface area is 80.9 Å². The molecule has 0 spiro atoms. The predicted molar refractivity (Wildman–Crippen MR) is 52.6 cm³/mol. The van der Waals surface area contributed by atoms with Crippen molar-refractivity contribution in [2.45, 2.75) is 13.3 Å². The van der Waals surface area contributed by atoms with Crippen molar-refractivity contribution in [3.63, 3.8) is 0 Å². The number of hydrogen-bond donors (Lipinski definition) is 1. The fourth-order valence-electron chi connectivity index (χ4n) is 1.31. The minimum atomic E-state index is 0.519. The molecule has 0 saturated carbocycles. The van der Waals surface area contributed by atoms with Crippen molar-refractivity contribution in [1.29, 1.82) is 0 Å². The van der Waals surface area contributed by atoms with Crippen molar-refractivity contribution in [3.05, 3.63) is 30.3 Å². The minimum absolute atomic E-state index is 0.519. The Bertz CT molecular complexity index is 441. The Hall–Kier alpha value is -1.84. The zero-order chi connectivity index (χ0) is 9.97. The Morgan fingerprint density at radius 3 is 3.21 bits per heavy atom. The molecule has 2 aromatic heterocycles. The van der Waals surface area contributed by atoms with E-state index in [4.69, 9.17) is 9.62 Å². The number of aromatic nitrogens is 1. The molecule has 0 fully saturated rings. The van der Waals surface area contributed by atoms with Gasteiger partial charge in [-0.2, -0.15) is 0 Å². The van der Waals surface area contributed by atoms with Gasteiger partial charge in [0.05, 0.1) is 5.71 Å². The summed E-state index contributed by atoms with van der Waals surface area (Å²) in [7, 11) is 0. The van der Waals surface area contributed by atoms with Gasteiger partial charge in [0.1, 0.15) is 11.3 Å². The maximum Gasteiger partial charge on any atom is 0.137 e. The highest BCUT2D eigenvalue weighted by Crippen LogP contribution is 2.18. The highest BCUT2D eigenvalue weighted by atomic mass is 16.4. The van der Waals surface area contributed by atoms with E-state index in [1.165, 1.54) is 0 Å². The van der Waals surface area contributed by atoms with Crippen LogP contribution in [0, 0.1) is 0 Å². The van der Waals surface area contributed by atoms with E-state index in [0.717, 1.165) is 16.7 Å². The fraction of sp³-hybridized carbons (Fsp3) is 0.200. The molecule has 0 saturated heterocycles. The third-order valence-corrected chi connectivity index (χ3v) is 1.97. The van der Waals surface area contributed by atoms with Crippen LogP contribution in [0.25, 0.3) is 11.0 Å². The quantitative estimate of drug-likeness (QED) is 0.448. The number of fused-ring (bicyclic) bond motifs is 1. The van der Waals surface area contributed by atoms with E-state index in [1.54, 1.807) is 19.3 Å². The molecular weight excluding hydrogens is 180 g/mol. The molecule has 2 aromatic rings. The van der Waals surface area contributed by atoms with Crippen LogP contribution in [0.3, 0.4) is 0 Å². The summed E-state index contributed by atoms with van der Waals surface area (Å²) < 4.78 is 5.51. The smallest absolute Gasteiger partial charge is 0.137 e. The Kier molecular flexibility index (Phi) is 2.18. The predicted octanol–water partition coefficient (Wildman–Crippen LogP) is 2.22. The van der Waals surface area contributed by atoms with Crippen LogP contribution >= 0.6 is 0 Å². The molecule has 4 nitrogen and oxygen atoms in total. The van der Waals surface area contributed by atoms with E-state index in [-0.39, 0.29) is 0 Å². The van der Waals surface area contributed by atoms with Crippen molar-refractivity contribution in [1.82, 2.24) is 4.98 Å². The molecule has 0 amide bonds. The first-order valence-corrected chi connectivity index (χ1v) is 4.29. The molecule has 4 heteroatoms. The third-order valence-electron chi connectivity index (χ3n) is 1.97. The van der Waals surface area contributed by atoms with Crippen molar-refractivity contribution >= 4 is 16.7 Å².